The highest BCUT2D eigenvalue weighted by atomic mass is 16.5. The van der Waals surface area contributed by atoms with Crippen molar-refractivity contribution in [1.82, 2.24) is 4.90 Å². The molecule has 2 heterocycles. The Morgan fingerprint density at radius 1 is 1.25 bits per heavy atom. The van der Waals surface area contributed by atoms with Crippen LogP contribution < -0.4 is 0 Å². The van der Waals surface area contributed by atoms with Crippen molar-refractivity contribution < 1.29 is 14.6 Å². The predicted molar refractivity (Wildman–Crippen MR) is 60.4 cm³/mol. The Hall–Kier alpha value is -0.610. The van der Waals surface area contributed by atoms with Crippen LogP contribution in [0.1, 0.15) is 32.1 Å². The number of carboxylic acid groups (broad SMARTS) is 1. The van der Waals surface area contributed by atoms with Gasteiger partial charge in [0.25, 0.3) is 0 Å². The molecule has 2 aliphatic heterocycles. The summed E-state index contributed by atoms with van der Waals surface area (Å²) in [4.78, 5) is 13.8. The van der Waals surface area contributed by atoms with Crippen LogP contribution in [0.2, 0.25) is 0 Å². The number of nitrogens with zero attached hydrogens (tertiary/aromatic N) is 1. The van der Waals surface area contributed by atoms with Crippen molar-refractivity contribution in [3.63, 3.8) is 0 Å². The molecule has 0 bridgehead atoms. The lowest BCUT2D eigenvalue weighted by Crippen LogP contribution is -2.40. The summed E-state index contributed by atoms with van der Waals surface area (Å²) in [6, 6.07) is 0. The van der Waals surface area contributed by atoms with Crippen LogP contribution in [0.4, 0.5) is 0 Å². The number of ether oxygens (including phenoxy) is 1. The molecule has 0 atom stereocenters. The molecule has 0 aromatic heterocycles. The van der Waals surface area contributed by atoms with Crippen molar-refractivity contribution in [2.75, 3.05) is 32.8 Å². The zero-order chi connectivity index (χ0) is 11.4. The summed E-state index contributed by atoms with van der Waals surface area (Å²) in [5.41, 5.74) is -0.513. The van der Waals surface area contributed by atoms with Crippen LogP contribution in [0.3, 0.4) is 0 Å². The third kappa shape index (κ3) is 2.55. The predicted octanol–water partition coefficient (Wildman–Crippen LogP) is 1.35. The van der Waals surface area contributed by atoms with Gasteiger partial charge in [-0.25, -0.2) is 0 Å². The zero-order valence-electron chi connectivity index (χ0n) is 9.78. The van der Waals surface area contributed by atoms with Gasteiger partial charge in [0.15, 0.2) is 0 Å². The Balaban J connectivity index is 1.88. The quantitative estimate of drug-likeness (QED) is 0.787. The first-order chi connectivity index (χ1) is 7.73. The minimum absolute atomic E-state index is 0.513. The molecule has 0 aromatic carbocycles. The summed E-state index contributed by atoms with van der Waals surface area (Å²) in [7, 11) is 0. The summed E-state index contributed by atoms with van der Waals surface area (Å²) in [6.07, 6.45) is 4.67. The number of hydrogen-bond donors (Lipinski definition) is 1. The molecule has 2 fully saturated rings. The molecule has 92 valence electrons. The lowest BCUT2D eigenvalue weighted by atomic mass is 9.77. The standard InChI is InChI=1S/C12H21NO3/c14-11(15)12(4-9-16-10-5-12)3-8-13-6-1-2-7-13/h1-10H2,(H,14,15). The van der Waals surface area contributed by atoms with E-state index in [0.717, 1.165) is 26.1 Å². The highest BCUT2D eigenvalue weighted by molar-refractivity contribution is 5.74. The monoisotopic (exact) mass is 227 g/mol. The van der Waals surface area contributed by atoms with Crippen molar-refractivity contribution in [1.29, 1.82) is 0 Å². The second-order valence-electron chi connectivity index (χ2n) is 5.00. The minimum Gasteiger partial charge on any atom is -0.481 e. The molecular weight excluding hydrogens is 206 g/mol. The van der Waals surface area contributed by atoms with Gasteiger partial charge in [-0.05, 0) is 51.7 Å². The second kappa shape index (κ2) is 5.15. The Labute approximate surface area is 96.6 Å². The number of hydrogen-bond acceptors (Lipinski definition) is 3. The molecule has 0 aromatic rings. The Bertz CT molecular complexity index is 243. The Morgan fingerprint density at radius 3 is 2.44 bits per heavy atom. The summed E-state index contributed by atoms with van der Waals surface area (Å²) in [5.74, 6) is -0.630. The van der Waals surface area contributed by atoms with Crippen LogP contribution in [0.15, 0.2) is 0 Å². The van der Waals surface area contributed by atoms with Crippen molar-refractivity contribution in [2.45, 2.75) is 32.1 Å². The average molecular weight is 227 g/mol. The fourth-order valence-electron chi connectivity index (χ4n) is 2.71. The van der Waals surface area contributed by atoms with E-state index in [4.69, 9.17) is 4.74 Å². The molecule has 2 saturated heterocycles. The maximum Gasteiger partial charge on any atom is 0.309 e. The van der Waals surface area contributed by atoms with E-state index in [1.807, 2.05) is 0 Å². The molecule has 0 saturated carbocycles. The first-order valence-electron chi connectivity index (χ1n) is 6.26. The third-order valence-electron chi connectivity index (χ3n) is 4.01. The van der Waals surface area contributed by atoms with Gasteiger partial charge in [0, 0.05) is 13.2 Å². The molecule has 4 nitrogen and oxygen atoms in total. The van der Waals surface area contributed by atoms with Crippen LogP contribution >= 0.6 is 0 Å². The molecule has 2 aliphatic rings. The second-order valence-corrected chi connectivity index (χ2v) is 5.00. The molecular formula is C12H21NO3. The smallest absolute Gasteiger partial charge is 0.309 e. The highest BCUT2D eigenvalue weighted by Crippen LogP contribution is 2.35. The molecule has 16 heavy (non-hydrogen) atoms. The van der Waals surface area contributed by atoms with Crippen molar-refractivity contribution in [3.05, 3.63) is 0 Å². The summed E-state index contributed by atoms with van der Waals surface area (Å²) in [6.45, 7) is 4.43. The fourth-order valence-corrected chi connectivity index (χ4v) is 2.71. The molecule has 1 N–H and O–H groups in total. The molecule has 2 rings (SSSR count). The van der Waals surface area contributed by atoms with Crippen LogP contribution in [-0.4, -0.2) is 48.8 Å². The minimum atomic E-state index is -0.630. The number of carboxylic acids is 1. The van der Waals surface area contributed by atoms with Gasteiger partial charge in [-0.1, -0.05) is 0 Å². The van der Waals surface area contributed by atoms with Gasteiger partial charge in [-0.3, -0.25) is 4.79 Å². The van der Waals surface area contributed by atoms with Crippen LogP contribution in [0, 0.1) is 5.41 Å². The van der Waals surface area contributed by atoms with E-state index in [2.05, 4.69) is 4.90 Å². The molecule has 0 unspecified atom stereocenters. The van der Waals surface area contributed by atoms with Crippen molar-refractivity contribution in [3.8, 4) is 0 Å². The average Bonchev–Trinajstić information content (AvgIpc) is 2.80. The normalized spacial score (nSPS) is 25.8. The number of aliphatic carboxylic acids is 1. The van der Waals surface area contributed by atoms with Crippen LogP contribution in [0.25, 0.3) is 0 Å². The topological polar surface area (TPSA) is 49.8 Å². The Morgan fingerprint density at radius 2 is 1.88 bits per heavy atom. The zero-order valence-corrected chi connectivity index (χ0v) is 9.78. The number of carbonyl (C=O) groups is 1. The van der Waals surface area contributed by atoms with Crippen LogP contribution in [0.5, 0.6) is 0 Å². The first-order valence-corrected chi connectivity index (χ1v) is 6.26. The number of likely N-dealkylation sites (tertiary alicyclic amines) is 1. The highest BCUT2D eigenvalue weighted by Gasteiger charge is 2.40. The van der Waals surface area contributed by atoms with Gasteiger partial charge in [0.2, 0.25) is 0 Å². The van der Waals surface area contributed by atoms with E-state index < -0.39 is 11.4 Å². The van der Waals surface area contributed by atoms with Gasteiger partial charge >= 0.3 is 5.97 Å². The molecule has 0 amide bonds. The summed E-state index contributed by atoms with van der Waals surface area (Å²) >= 11 is 0. The Kier molecular flexibility index (Phi) is 3.82. The van der Waals surface area contributed by atoms with Crippen LogP contribution in [-0.2, 0) is 9.53 Å². The van der Waals surface area contributed by atoms with Gasteiger partial charge < -0.3 is 14.7 Å². The van der Waals surface area contributed by atoms with Gasteiger partial charge in [0.1, 0.15) is 0 Å². The molecule has 0 radical (unpaired) electrons. The van der Waals surface area contributed by atoms with Gasteiger partial charge in [-0.2, -0.15) is 0 Å². The lowest BCUT2D eigenvalue weighted by molar-refractivity contribution is -0.155. The number of rotatable bonds is 4. The largest absolute Gasteiger partial charge is 0.481 e. The first kappa shape index (κ1) is 11.9. The molecule has 4 heteroatoms. The summed E-state index contributed by atoms with van der Waals surface area (Å²) < 4.78 is 5.27. The van der Waals surface area contributed by atoms with E-state index in [0.29, 0.717) is 26.1 Å². The third-order valence-corrected chi connectivity index (χ3v) is 4.01. The van der Waals surface area contributed by atoms with Crippen molar-refractivity contribution >= 4 is 5.97 Å². The van der Waals surface area contributed by atoms with Crippen molar-refractivity contribution in [2.24, 2.45) is 5.41 Å². The van der Waals surface area contributed by atoms with E-state index in [1.54, 1.807) is 0 Å². The van der Waals surface area contributed by atoms with E-state index in [1.165, 1.54) is 12.8 Å². The maximum absolute atomic E-state index is 11.4. The van der Waals surface area contributed by atoms with E-state index >= 15 is 0 Å². The molecule has 0 aliphatic carbocycles. The van der Waals surface area contributed by atoms with Gasteiger partial charge in [0.05, 0.1) is 5.41 Å². The molecule has 0 spiro atoms. The van der Waals surface area contributed by atoms with Gasteiger partial charge in [-0.15, -0.1) is 0 Å². The lowest BCUT2D eigenvalue weighted by Gasteiger charge is -2.34. The summed E-state index contributed by atoms with van der Waals surface area (Å²) in [5, 5.41) is 9.39. The maximum atomic E-state index is 11.4. The SMILES string of the molecule is O=C(O)C1(CCN2CCCC2)CCOCC1. The van der Waals surface area contributed by atoms with E-state index in [-0.39, 0.29) is 0 Å². The fraction of sp³-hybridized carbons (Fsp3) is 0.917. The van der Waals surface area contributed by atoms with E-state index in [9.17, 15) is 9.90 Å².